The number of hydrogen-bond donors (Lipinski definition) is 1. The molecule has 0 spiro atoms. The first-order valence-corrected chi connectivity index (χ1v) is 8.13. The average molecular weight is 388 g/mol. The fourth-order valence-corrected chi connectivity index (χ4v) is 3.08. The molecule has 0 saturated heterocycles. The highest BCUT2D eigenvalue weighted by Crippen LogP contribution is 2.35. The molecule has 1 aromatic heterocycles. The van der Waals surface area contributed by atoms with Crippen molar-refractivity contribution in [3.63, 3.8) is 0 Å². The predicted octanol–water partition coefficient (Wildman–Crippen LogP) is 5.16. The number of halogens is 2. The van der Waals surface area contributed by atoms with E-state index in [2.05, 4.69) is 15.9 Å². The number of allylic oxidation sites excluding steroid dienone is 1. The number of phenols is 1. The number of carbonyl (C=O) groups excluding carboxylic acids is 1. The van der Waals surface area contributed by atoms with Crippen molar-refractivity contribution < 1.29 is 14.6 Å². The number of ketones is 1. The predicted molar refractivity (Wildman–Crippen MR) is 89.7 cm³/mol. The Morgan fingerprint density at radius 1 is 1.48 bits per heavy atom. The third-order valence-corrected chi connectivity index (χ3v) is 4.44. The van der Waals surface area contributed by atoms with Crippen LogP contribution in [0.5, 0.6) is 11.5 Å². The van der Waals surface area contributed by atoms with E-state index in [9.17, 15) is 9.90 Å². The van der Waals surface area contributed by atoms with Crippen molar-refractivity contribution in [3.8, 4) is 11.5 Å². The first kappa shape index (κ1) is 16.1. The number of ether oxygens (including phenoxy) is 1. The summed E-state index contributed by atoms with van der Waals surface area (Å²) in [7, 11) is 0. The second kappa shape index (κ2) is 7.11. The smallest absolute Gasteiger partial charge is 0.195 e. The summed E-state index contributed by atoms with van der Waals surface area (Å²) in [5.41, 5.74) is 0.749. The lowest BCUT2D eigenvalue weighted by Crippen LogP contribution is -1.93. The lowest BCUT2D eigenvalue weighted by molar-refractivity contribution is 0.105. The van der Waals surface area contributed by atoms with Crippen LogP contribution in [0, 0.1) is 0 Å². The van der Waals surface area contributed by atoms with Crippen LogP contribution < -0.4 is 4.74 Å². The summed E-state index contributed by atoms with van der Waals surface area (Å²) >= 11 is 10.3. The number of carbonyl (C=O) groups is 1. The molecule has 0 unspecified atom stereocenters. The summed E-state index contributed by atoms with van der Waals surface area (Å²) in [4.78, 5) is 12.5. The molecule has 3 nitrogen and oxygen atoms in total. The Morgan fingerprint density at radius 3 is 2.86 bits per heavy atom. The second-order valence-electron chi connectivity index (χ2n) is 4.08. The molecule has 1 aromatic carbocycles. The molecular weight excluding hydrogens is 376 g/mol. The number of benzene rings is 1. The lowest BCUT2D eigenvalue weighted by atomic mass is 10.1. The highest BCUT2D eigenvalue weighted by molar-refractivity contribution is 9.10. The van der Waals surface area contributed by atoms with E-state index in [4.69, 9.17) is 16.3 Å². The molecule has 110 valence electrons. The topological polar surface area (TPSA) is 46.5 Å². The fourth-order valence-electron chi connectivity index (χ4n) is 1.66. The molecule has 0 radical (unpaired) electrons. The first-order valence-electron chi connectivity index (χ1n) is 6.14. The first-order chi connectivity index (χ1) is 10.0. The molecule has 0 aliphatic carbocycles. The van der Waals surface area contributed by atoms with Crippen LogP contribution in [-0.4, -0.2) is 17.5 Å². The Balaban J connectivity index is 2.22. The van der Waals surface area contributed by atoms with Gasteiger partial charge >= 0.3 is 0 Å². The van der Waals surface area contributed by atoms with Crippen LogP contribution >= 0.6 is 38.9 Å². The van der Waals surface area contributed by atoms with Gasteiger partial charge in [-0.15, -0.1) is 11.3 Å². The third kappa shape index (κ3) is 4.09. The summed E-state index contributed by atoms with van der Waals surface area (Å²) in [5, 5.41) is 9.84. The maximum Gasteiger partial charge on any atom is 0.195 e. The number of phenolic OH excluding ortho intramolecular Hbond substituents is 1. The molecule has 0 saturated carbocycles. The summed E-state index contributed by atoms with van der Waals surface area (Å²) < 4.78 is 6.43. The van der Waals surface area contributed by atoms with Crippen molar-refractivity contribution >= 4 is 50.7 Å². The zero-order chi connectivity index (χ0) is 15.4. The molecule has 6 heteroatoms. The van der Waals surface area contributed by atoms with Gasteiger partial charge in [0.05, 0.1) is 20.3 Å². The van der Waals surface area contributed by atoms with Gasteiger partial charge in [0.2, 0.25) is 0 Å². The average Bonchev–Trinajstić information content (AvgIpc) is 2.88. The molecule has 0 bridgehead atoms. The standard InChI is InChI=1S/C15H12BrClO3S/c1-2-20-12-8-9(7-10(16)15(12)19)3-4-11(18)13-5-6-14(17)21-13/h3-8,19H,2H2,1H3/b4-3+. The van der Waals surface area contributed by atoms with Crippen molar-refractivity contribution in [2.45, 2.75) is 6.92 Å². The van der Waals surface area contributed by atoms with Gasteiger partial charge in [0.15, 0.2) is 17.3 Å². The monoisotopic (exact) mass is 386 g/mol. The molecule has 2 rings (SSSR count). The third-order valence-electron chi connectivity index (χ3n) is 2.59. The van der Waals surface area contributed by atoms with Crippen molar-refractivity contribution in [1.82, 2.24) is 0 Å². The van der Waals surface area contributed by atoms with Crippen molar-refractivity contribution in [3.05, 3.63) is 49.6 Å². The Kier molecular flexibility index (Phi) is 5.45. The van der Waals surface area contributed by atoms with Crippen LogP contribution in [0.2, 0.25) is 4.34 Å². The van der Waals surface area contributed by atoms with Crippen LogP contribution in [0.25, 0.3) is 6.08 Å². The van der Waals surface area contributed by atoms with Crippen molar-refractivity contribution in [1.29, 1.82) is 0 Å². The van der Waals surface area contributed by atoms with Gasteiger partial charge in [-0.3, -0.25) is 4.79 Å². The van der Waals surface area contributed by atoms with Crippen LogP contribution in [0.3, 0.4) is 0 Å². The van der Waals surface area contributed by atoms with Gasteiger partial charge in [0.25, 0.3) is 0 Å². The number of rotatable bonds is 5. The van der Waals surface area contributed by atoms with E-state index in [-0.39, 0.29) is 11.5 Å². The minimum absolute atomic E-state index is 0.0466. The van der Waals surface area contributed by atoms with E-state index < -0.39 is 0 Å². The molecule has 0 atom stereocenters. The van der Waals surface area contributed by atoms with E-state index in [1.54, 1.807) is 30.3 Å². The number of hydrogen-bond acceptors (Lipinski definition) is 4. The Labute approximate surface area is 140 Å². The highest BCUT2D eigenvalue weighted by atomic mass is 79.9. The van der Waals surface area contributed by atoms with Gasteiger partial charge < -0.3 is 9.84 Å². The molecule has 0 aliphatic heterocycles. The van der Waals surface area contributed by atoms with Crippen molar-refractivity contribution in [2.24, 2.45) is 0 Å². The summed E-state index contributed by atoms with van der Waals surface area (Å²) in [6.07, 6.45) is 3.14. The maximum atomic E-state index is 12.0. The van der Waals surface area contributed by atoms with E-state index in [1.165, 1.54) is 17.4 Å². The minimum atomic E-state index is -0.117. The van der Waals surface area contributed by atoms with Gasteiger partial charge in [-0.05, 0) is 58.8 Å². The normalized spacial score (nSPS) is 11.0. The lowest BCUT2D eigenvalue weighted by Gasteiger charge is -2.08. The highest BCUT2D eigenvalue weighted by Gasteiger charge is 2.09. The largest absolute Gasteiger partial charge is 0.503 e. The molecule has 2 aromatic rings. The van der Waals surface area contributed by atoms with E-state index >= 15 is 0 Å². The molecule has 0 fully saturated rings. The van der Waals surface area contributed by atoms with Gasteiger partial charge in [-0.25, -0.2) is 0 Å². The van der Waals surface area contributed by atoms with Gasteiger partial charge in [-0.1, -0.05) is 17.7 Å². The van der Waals surface area contributed by atoms with Crippen LogP contribution in [-0.2, 0) is 0 Å². The zero-order valence-corrected chi connectivity index (χ0v) is 14.3. The van der Waals surface area contributed by atoms with Crippen LogP contribution in [0.4, 0.5) is 0 Å². The Morgan fingerprint density at radius 2 is 2.24 bits per heavy atom. The van der Waals surface area contributed by atoms with Gasteiger partial charge in [0, 0.05) is 0 Å². The molecule has 0 amide bonds. The molecule has 21 heavy (non-hydrogen) atoms. The molecular formula is C15H12BrClO3S. The fraction of sp³-hybridized carbons (Fsp3) is 0.133. The van der Waals surface area contributed by atoms with Crippen LogP contribution in [0.1, 0.15) is 22.2 Å². The van der Waals surface area contributed by atoms with Crippen LogP contribution in [0.15, 0.2) is 34.8 Å². The SMILES string of the molecule is CCOc1cc(/C=C/C(=O)c2ccc(Cl)s2)cc(Br)c1O. The Hall–Kier alpha value is -1.30. The minimum Gasteiger partial charge on any atom is -0.503 e. The maximum absolute atomic E-state index is 12.0. The quantitative estimate of drug-likeness (QED) is 0.569. The molecule has 1 N–H and O–H groups in total. The van der Waals surface area contributed by atoms with E-state index in [0.717, 1.165) is 5.56 Å². The van der Waals surface area contributed by atoms with E-state index in [1.807, 2.05) is 6.92 Å². The van der Waals surface area contributed by atoms with Gasteiger partial charge in [-0.2, -0.15) is 0 Å². The summed E-state index contributed by atoms with van der Waals surface area (Å²) in [5.74, 6) is 0.303. The Bertz CT molecular complexity index is 694. The zero-order valence-electron chi connectivity index (χ0n) is 11.1. The van der Waals surface area contributed by atoms with Gasteiger partial charge in [0.1, 0.15) is 0 Å². The number of thiophene rings is 1. The van der Waals surface area contributed by atoms with Crippen molar-refractivity contribution in [2.75, 3.05) is 6.61 Å². The summed E-state index contributed by atoms with van der Waals surface area (Å²) in [6.45, 7) is 2.28. The summed E-state index contributed by atoms with van der Waals surface area (Å²) in [6, 6.07) is 6.77. The van der Waals surface area contributed by atoms with E-state index in [0.29, 0.717) is 26.0 Å². The molecule has 0 aliphatic rings. The molecule has 1 heterocycles. The second-order valence-corrected chi connectivity index (χ2v) is 6.65. The number of aromatic hydroxyl groups is 1.